The van der Waals surface area contributed by atoms with Crippen molar-refractivity contribution in [1.82, 2.24) is 19.9 Å². The van der Waals surface area contributed by atoms with E-state index in [1.807, 2.05) is 18.2 Å². The number of aromatic amines is 2. The standard InChI is InChI=1S/C23H25FN6O/c1-12-10-17-18(20(24)13(12)2)21(25)19(23(31)28-17)22-26-15-5-4-14(11-16(15)27-22)30-8-6-29(3)7-9-30/h4-5,10-11H,6-9H2,1-3H3,(H,26,27)(H3,25,28,31). The van der Waals surface area contributed by atoms with Gasteiger partial charge in [-0.05, 0) is 56.3 Å². The molecule has 0 saturated carbocycles. The van der Waals surface area contributed by atoms with Crippen LogP contribution >= 0.6 is 0 Å². The van der Waals surface area contributed by atoms with Crippen molar-refractivity contribution in [3.63, 3.8) is 0 Å². The number of likely N-dealkylation sites (N-methyl/N-ethyl adjacent to an activating group) is 1. The molecular weight excluding hydrogens is 395 g/mol. The molecule has 0 aliphatic carbocycles. The minimum absolute atomic E-state index is 0.0951. The van der Waals surface area contributed by atoms with Gasteiger partial charge in [-0.1, -0.05) is 0 Å². The van der Waals surface area contributed by atoms with Crippen LogP contribution in [-0.4, -0.2) is 53.1 Å². The average Bonchev–Trinajstić information content (AvgIpc) is 3.15. The first-order valence-corrected chi connectivity index (χ1v) is 10.4. The van der Waals surface area contributed by atoms with E-state index in [0.717, 1.165) is 48.5 Å². The first-order chi connectivity index (χ1) is 14.8. The van der Waals surface area contributed by atoms with E-state index in [1.54, 1.807) is 19.9 Å². The number of nitrogens with two attached hydrogens (primary N) is 1. The molecule has 2 aromatic carbocycles. The van der Waals surface area contributed by atoms with Crippen molar-refractivity contribution in [2.24, 2.45) is 0 Å². The number of nitrogens with zero attached hydrogens (tertiary/aromatic N) is 3. The number of aromatic nitrogens is 3. The van der Waals surface area contributed by atoms with Gasteiger partial charge < -0.3 is 25.5 Å². The van der Waals surface area contributed by atoms with E-state index < -0.39 is 11.4 Å². The van der Waals surface area contributed by atoms with E-state index in [1.165, 1.54) is 0 Å². The molecule has 31 heavy (non-hydrogen) atoms. The quantitative estimate of drug-likeness (QED) is 0.463. The van der Waals surface area contributed by atoms with Crippen LogP contribution in [0.25, 0.3) is 33.3 Å². The molecule has 1 aliphatic rings. The number of aryl methyl sites for hydroxylation is 1. The number of benzene rings is 2. The lowest BCUT2D eigenvalue weighted by Crippen LogP contribution is -2.44. The molecule has 3 heterocycles. The van der Waals surface area contributed by atoms with E-state index in [4.69, 9.17) is 5.73 Å². The summed E-state index contributed by atoms with van der Waals surface area (Å²) in [4.78, 5) is 28.1. The summed E-state index contributed by atoms with van der Waals surface area (Å²) >= 11 is 0. The Balaban J connectivity index is 1.63. The molecule has 1 aliphatic heterocycles. The Labute approximate surface area is 178 Å². The van der Waals surface area contributed by atoms with Crippen molar-refractivity contribution >= 4 is 33.3 Å². The molecule has 4 aromatic rings. The number of rotatable bonds is 2. The molecule has 0 bridgehead atoms. The maximum atomic E-state index is 15.0. The summed E-state index contributed by atoms with van der Waals surface area (Å²) in [6.45, 7) is 7.45. The van der Waals surface area contributed by atoms with Crippen LogP contribution in [0.3, 0.4) is 0 Å². The van der Waals surface area contributed by atoms with Crippen molar-refractivity contribution in [1.29, 1.82) is 0 Å². The first kappa shape index (κ1) is 19.6. The highest BCUT2D eigenvalue weighted by Gasteiger charge is 2.21. The van der Waals surface area contributed by atoms with E-state index in [-0.39, 0.29) is 16.6 Å². The third kappa shape index (κ3) is 3.14. The van der Waals surface area contributed by atoms with E-state index in [2.05, 4.69) is 31.8 Å². The summed E-state index contributed by atoms with van der Waals surface area (Å²) in [5.41, 5.74) is 10.5. The van der Waals surface area contributed by atoms with Crippen LogP contribution in [0.4, 0.5) is 15.8 Å². The number of fused-ring (bicyclic) bond motifs is 2. The second-order valence-electron chi connectivity index (χ2n) is 8.37. The molecule has 1 saturated heterocycles. The molecule has 0 unspecified atom stereocenters. The molecule has 0 spiro atoms. The summed E-state index contributed by atoms with van der Waals surface area (Å²) in [6.07, 6.45) is 0. The lowest BCUT2D eigenvalue weighted by atomic mass is 10.0. The number of halogens is 1. The number of nitrogen functional groups attached to an aromatic ring is 1. The minimum Gasteiger partial charge on any atom is -0.397 e. The number of pyridine rings is 1. The topological polar surface area (TPSA) is 94.0 Å². The molecule has 1 fully saturated rings. The summed E-state index contributed by atoms with van der Waals surface area (Å²) in [7, 11) is 2.12. The summed E-state index contributed by atoms with van der Waals surface area (Å²) in [6, 6.07) is 7.76. The summed E-state index contributed by atoms with van der Waals surface area (Å²) in [5.74, 6) is -0.0812. The Bertz CT molecular complexity index is 1380. The highest BCUT2D eigenvalue weighted by Crippen LogP contribution is 2.33. The molecule has 5 rings (SSSR count). The lowest BCUT2D eigenvalue weighted by molar-refractivity contribution is 0.313. The van der Waals surface area contributed by atoms with Crippen LogP contribution < -0.4 is 16.2 Å². The Kier molecular flexibility index (Phi) is 4.48. The Hall–Kier alpha value is -3.39. The predicted molar refractivity (Wildman–Crippen MR) is 123 cm³/mol. The molecule has 2 aromatic heterocycles. The zero-order valence-corrected chi connectivity index (χ0v) is 17.8. The number of nitrogens with one attached hydrogen (secondary N) is 2. The van der Waals surface area contributed by atoms with Gasteiger partial charge in [0.25, 0.3) is 5.56 Å². The van der Waals surface area contributed by atoms with Gasteiger partial charge in [-0.25, -0.2) is 9.37 Å². The number of hydrogen-bond donors (Lipinski definition) is 3. The van der Waals surface area contributed by atoms with Crippen LogP contribution in [0.15, 0.2) is 29.1 Å². The first-order valence-electron chi connectivity index (χ1n) is 10.4. The smallest absolute Gasteiger partial charge is 0.261 e. The Morgan fingerprint density at radius 2 is 1.81 bits per heavy atom. The van der Waals surface area contributed by atoms with Gasteiger partial charge in [0.15, 0.2) is 0 Å². The predicted octanol–water partition coefficient (Wildman–Crippen LogP) is 3.16. The SMILES string of the molecule is Cc1cc2[nH]c(=O)c(-c3nc4ccc(N5CCN(C)CC5)cc4[nH]3)c(N)c2c(F)c1C. The zero-order chi connectivity index (χ0) is 21.9. The number of piperazine rings is 1. The van der Waals surface area contributed by atoms with Gasteiger partial charge in [-0.2, -0.15) is 0 Å². The highest BCUT2D eigenvalue weighted by atomic mass is 19.1. The van der Waals surface area contributed by atoms with Crippen molar-refractivity contribution in [2.45, 2.75) is 13.8 Å². The van der Waals surface area contributed by atoms with Gasteiger partial charge in [0.1, 0.15) is 17.2 Å². The highest BCUT2D eigenvalue weighted by molar-refractivity contribution is 5.99. The number of H-pyrrole nitrogens is 2. The monoisotopic (exact) mass is 420 g/mol. The van der Waals surface area contributed by atoms with Crippen molar-refractivity contribution < 1.29 is 4.39 Å². The third-order valence-electron chi connectivity index (χ3n) is 6.36. The van der Waals surface area contributed by atoms with Crippen LogP contribution in [-0.2, 0) is 0 Å². The molecule has 8 heteroatoms. The molecular formula is C23H25FN6O. The molecule has 4 N–H and O–H groups in total. The fourth-order valence-corrected chi connectivity index (χ4v) is 4.28. The van der Waals surface area contributed by atoms with Crippen molar-refractivity contribution in [3.05, 3.63) is 51.6 Å². The molecule has 7 nitrogen and oxygen atoms in total. The van der Waals surface area contributed by atoms with E-state index in [0.29, 0.717) is 16.9 Å². The second kappa shape index (κ2) is 7.09. The molecule has 160 valence electrons. The largest absolute Gasteiger partial charge is 0.397 e. The number of imidazole rings is 1. The maximum Gasteiger partial charge on any atom is 0.261 e. The molecule has 0 atom stereocenters. The molecule has 0 radical (unpaired) electrons. The van der Waals surface area contributed by atoms with Crippen molar-refractivity contribution in [2.75, 3.05) is 43.9 Å². The minimum atomic E-state index is -0.418. The fraction of sp³-hybridized carbons (Fsp3) is 0.304. The summed E-state index contributed by atoms with van der Waals surface area (Å²) < 4.78 is 15.0. The van der Waals surface area contributed by atoms with Crippen LogP contribution in [0.5, 0.6) is 0 Å². The number of anilines is 2. The van der Waals surface area contributed by atoms with Gasteiger partial charge in [0.05, 0.1) is 27.6 Å². The van der Waals surface area contributed by atoms with Crippen molar-refractivity contribution in [3.8, 4) is 11.4 Å². The van der Waals surface area contributed by atoms with Gasteiger partial charge >= 0.3 is 0 Å². The Morgan fingerprint density at radius 3 is 2.55 bits per heavy atom. The van der Waals surface area contributed by atoms with Gasteiger partial charge in [-0.15, -0.1) is 0 Å². The lowest BCUT2D eigenvalue weighted by Gasteiger charge is -2.34. The van der Waals surface area contributed by atoms with E-state index in [9.17, 15) is 9.18 Å². The van der Waals surface area contributed by atoms with Crippen LogP contribution in [0.1, 0.15) is 11.1 Å². The normalized spacial score (nSPS) is 15.3. The summed E-state index contributed by atoms with van der Waals surface area (Å²) in [5, 5.41) is 0.219. The van der Waals surface area contributed by atoms with Gasteiger partial charge in [-0.3, -0.25) is 4.79 Å². The van der Waals surface area contributed by atoms with Gasteiger partial charge in [0.2, 0.25) is 0 Å². The van der Waals surface area contributed by atoms with Gasteiger partial charge in [0, 0.05) is 31.9 Å². The fourth-order valence-electron chi connectivity index (χ4n) is 4.28. The second-order valence-corrected chi connectivity index (χ2v) is 8.37. The third-order valence-corrected chi connectivity index (χ3v) is 6.36. The van der Waals surface area contributed by atoms with E-state index >= 15 is 0 Å². The zero-order valence-electron chi connectivity index (χ0n) is 17.8. The average molecular weight is 420 g/mol. The maximum absolute atomic E-state index is 15.0. The van der Waals surface area contributed by atoms with Crippen LogP contribution in [0.2, 0.25) is 0 Å². The van der Waals surface area contributed by atoms with Crippen LogP contribution in [0, 0.1) is 19.7 Å². The number of hydrogen-bond acceptors (Lipinski definition) is 5. The molecule has 0 amide bonds. The Morgan fingerprint density at radius 1 is 1.06 bits per heavy atom.